The van der Waals surface area contributed by atoms with Crippen LogP contribution in [0, 0.1) is 0 Å². The van der Waals surface area contributed by atoms with Crippen molar-refractivity contribution in [1.82, 2.24) is 0 Å². The van der Waals surface area contributed by atoms with Crippen LogP contribution in [0.4, 0.5) is 8.78 Å². The number of benzene rings is 1. The van der Waals surface area contributed by atoms with Gasteiger partial charge in [-0.1, -0.05) is 0 Å². The molecular formula is C10H13F2NO3S. The van der Waals surface area contributed by atoms with Crippen LogP contribution in [-0.4, -0.2) is 27.3 Å². The van der Waals surface area contributed by atoms with Gasteiger partial charge in [0.15, 0.2) is 0 Å². The summed E-state index contributed by atoms with van der Waals surface area (Å²) in [6.07, 6.45) is 0.664. The highest BCUT2D eigenvalue weighted by atomic mass is 32.2. The third kappa shape index (κ3) is 3.64. The standard InChI is InChI=1S/C10H13F2NO3S/c11-10(12)17(14,15)9-4-2-8(3-5-9)16-7-1-6-13/h2-5,10H,1,6-7,13H2. The smallest absolute Gasteiger partial charge is 0.341 e. The molecule has 17 heavy (non-hydrogen) atoms. The Morgan fingerprint density at radius 1 is 1.24 bits per heavy atom. The molecule has 0 amide bonds. The summed E-state index contributed by atoms with van der Waals surface area (Å²) in [5.74, 6) is -2.99. The van der Waals surface area contributed by atoms with E-state index in [-0.39, 0.29) is 0 Å². The Kier molecular flexibility index (Phi) is 4.83. The first-order valence-corrected chi connectivity index (χ1v) is 6.48. The van der Waals surface area contributed by atoms with Gasteiger partial charge in [-0.2, -0.15) is 8.78 Å². The summed E-state index contributed by atoms with van der Waals surface area (Å²) in [6, 6.07) is 4.87. The van der Waals surface area contributed by atoms with Gasteiger partial charge in [-0.15, -0.1) is 0 Å². The number of hydrogen-bond donors (Lipinski definition) is 1. The van der Waals surface area contributed by atoms with E-state index in [0.29, 0.717) is 25.3 Å². The molecule has 0 aliphatic carbocycles. The van der Waals surface area contributed by atoms with Gasteiger partial charge < -0.3 is 10.5 Å². The lowest BCUT2D eigenvalue weighted by Gasteiger charge is -2.06. The second kappa shape index (κ2) is 5.92. The molecule has 0 aromatic heterocycles. The molecule has 1 rings (SSSR count). The summed E-state index contributed by atoms with van der Waals surface area (Å²) in [6.45, 7) is 0.884. The van der Waals surface area contributed by atoms with Crippen molar-refractivity contribution >= 4 is 9.84 Å². The van der Waals surface area contributed by atoms with Gasteiger partial charge in [-0.3, -0.25) is 0 Å². The summed E-state index contributed by atoms with van der Waals surface area (Å²) < 4.78 is 51.8. The molecule has 0 spiro atoms. The Morgan fingerprint density at radius 2 is 1.82 bits per heavy atom. The zero-order valence-corrected chi connectivity index (χ0v) is 9.79. The molecule has 1 aromatic carbocycles. The minimum Gasteiger partial charge on any atom is -0.494 e. The fraction of sp³-hybridized carbons (Fsp3) is 0.400. The molecule has 4 nitrogen and oxygen atoms in total. The van der Waals surface area contributed by atoms with Crippen LogP contribution in [0.3, 0.4) is 0 Å². The Labute approximate surface area is 98.3 Å². The Balaban J connectivity index is 2.75. The van der Waals surface area contributed by atoms with Crippen molar-refractivity contribution in [1.29, 1.82) is 0 Å². The molecule has 0 fully saturated rings. The van der Waals surface area contributed by atoms with Crippen molar-refractivity contribution in [2.75, 3.05) is 13.2 Å². The first kappa shape index (κ1) is 13.9. The Hall–Kier alpha value is -1.21. The summed E-state index contributed by atoms with van der Waals surface area (Å²) in [4.78, 5) is -0.418. The second-order valence-electron chi connectivity index (χ2n) is 3.27. The van der Waals surface area contributed by atoms with E-state index in [1.807, 2.05) is 0 Å². The fourth-order valence-corrected chi connectivity index (χ4v) is 1.82. The number of hydrogen-bond acceptors (Lipinski definition) is 4. The lowest BCUT2D eigenvalue weighted by Crippen LogP contribution is -2.11. The minimum absolute atomic E-state index is 0.400. The van der Waals surface area contributed by atoms with Gasteiger partial charge in [0.25, 0.3) is 0 Å². The molecule has 0 unspecified atom stereocenters. The quantitative estimate of drug-likeness (QED) is 0.789. The first-order chi connectivity index (χ1) is 7.98. The molecule has 0 heterocycles. The van der Waals surface area contributed by atoms with Crippen molar-refractivity contribution in [3.8, 4) is 5.75 Å². The Bertz CT molecular complexity index is 445. The van der Waals surface area contributed by atoms with Gasteiger partial charge in [0.05, 0.1) is 11.5 Å². The highest BCUT2D eigenvalue weighted by Crippen LogP contribution is 2.21. The van der Waals surface area contributed by atoms with Crippen molar-refractivity contribution in [2.45, 2.75) is 17.1 Å². The van der Waals surface area contributed by atoms with Crippen LogP contribution in [0.1, 0.15) is 6.42 Å². The highest BCUT2D eigenvalue weighted by Gasteiger charge is 2.26. The monoisotopic (exact) mass is 265 g/mol. The summed E-state index contributed by atoms with van der Waals surface area (Å²) >= 11 is 0. The van der Waals surface area contributed by atoms with Crippen LogP contribution >= 0.6 is 0 Å². The van der Waals surface area contributed by atoms with Crippen LogP contribution in [0.15, 0.2) is 29.2 Å². The second-order valence-corrected chi connectivity index (χ2v) is 5.19. The molecule has 1 aromatic rings. The van der Waals surface area contributed by atoms with Gasteiger partial charge in [0.1, 0.15) is 5.75 Å². The number of ether oxygens (including phenoxy) is 1. The first-order valence-electron chi connectivity index (χ1n) is 4.93. The molecule has 0 radical (unpaired) electrons. The molecule has 0 bridgehead atoms. The highest BCUT2D eigenvalue weighted by molar-refractivity contribution is 7.91. The van der Waals surface area contributed by atoms with Crippen LogP contribution in [0.5, 0.6) is 5.75 Å². The molecule has 7 heteroatoms. The fourth-order valence-electron chi connectivity index (χ4n) is 1.10. The lowest BCUT2D eigenvalue weighted by atomic mass is 10.3. The van der Waals surface area contributed by atoms with Gasteiger partial charge >= 0.3 is 5.76 Å². The average Bonchev–Trinajstić information content (AvgIpc) is 2.30. The SMILES string of the molecule is NCCCOc1ccc(S(=O)(=O)C(F)F)cc1. The third-order valence-electron chi connectivity index (χ3n) is 2.00. The predicted octanol–water partition coefficient (Wildman–Crippen LogP) is 1.41. The predicted molar refractivity (Wildman–Crippen MR) is 58.8 cm³/mol. The zero-order chi connectivity index (χ0) is 12.9. The zero-order valence-electron chi connectivity index (χ0n) is 8.97. The largest absolute Gasteiger partial charge is 0.494 e. The molecule has 2 N–H and O–H groups in total. The third-order valence-corrected chi connectivity index (χ3v) is 3.40. The van der Waals surface area contributed by atoms with E-state index in [1.165, 1.54) is 12.1 Å². The van der Waals surface area contributed by atoms with Gasteiger partial charge in [0.2, 0.25) is 9.84 Å². The topological polar surface area (TPSA) is 69.4 Å². The van der Waals surface area contributed by atoms with E-state index >= 15 is 0 Å². The molecule has 0 atom stereocenters. The van der Waals surface area contributed by atoms with Gasteiger partial charge in [0, 0.05) is 0 Å². The van der Waals surface area contributed by atoms with Crippen molar-refractivity contribution < 1.29 is 21.9 Å². The summed E-state index contributed by atoms with van der Waals surface area (Å²) in [5, 5.41) is 0. The van der Waals surface area contributed by atoms with E-state index in [2.05, 4.69) is 0 Å². The maximum atomic E-state index is 12.2. The minimum atomic E-state index is -4.53. The van der Waals surface area contributed by atoms with E-state index < -0.39 is 20.5 Å². The van der Waals surface area contributed by atoms with Crippen molar-refractivity contribution in [2.24, 2.45) is 5.73 Å². The maximum absolute atomic E-state index is 12.2. The summed E-state index contributed by atoms with van der Waals surface area (Å²) in [7, 11) is -4.53. The molecule has 0 aliphatic heterocycles. The molecule has 0 saturated carbocycles. The van der Waals surface area contributed by atoms with Crippen LogP contribution < -0.4 is 10.5 Å². The molecule has 96 valence electrons. The molecule has 0 aliphatic rings. The van der Waals surface area contributed by atoms with E-state index in [9.17, 15) is 17.2 Å². The van der Waals surface area contributed by atoms with E-state index in [4.69, 9.17) is 10.5 Å². The van der Waals surface area contributed by atoms with Crippen LogP contribution in [-0.2, 0) is 9.84 Å². The van der Waals surface area contributed by atoms with Gasteiger partial charge in [-0.05, 0) is 37.2 Å². The lowest BCUT2D eigenvalue weighted by molar-refractivity contribution is 0.234. The Morgan fingerprint density at radius 3 is 2.29 bits per heavy atom. The number of nitrogens with two attached hydrogens (primary N) is 1. The number of alkyl halides is 2. The number of rotatable bonds is 6. The number of sulfone groups is 1. The normalized spacial score (nSPS) is 11.8. The van der Waals surface area contributed by atoms with E-state index in [0.717, 1.165) is 12.1 Å². The van der Waals surface area contributed by atoms with E-state index in [1.54, 1.807) is 0 Å². The molecule has 0 saturated heterocycles. The van der Waals surface area contributed by atoms with Crippen molar-refractivity contribution in [3.63, 3.8) is 0 Å². The van der Waals surface area contributed by atoms with Crippen LogP contribution in [0.25, 0.3) is 0 Å². The van der Waals surface area contributed by atoms with Gasteiger partial charge in [-0.25, -0.2) is 8.42 Å². The summed E-state index contributed by atoms with van der Waals surface area (Å²) in [5.41, 5.74) is 5.26. The van der Waals surface area contributed by atoms with Crippen molar-refractivity contribution in [3.05, 3.63) is 24.3 Å². The molecular weight excluding hydrogens is 252 g/mol. The number of halogens is 2. The maximum Gasteiger partial charge on any atom is 0.341 e. The van der Waals surface area contributed by atoms with Crippen LogP contribution in [0.2, 0.25) is 0 Å². The average molecular weight is 265 g/mol.